The molecule has 3 nitrogen and oxygen atoms in total. The lowest BCUT2D eigenvalue weighted by molar-refractivity contribution is 0.315. The minimum atomic E-state index is 0.669. The fourth-order valence-corrected chi connectivity index (χ4v) is 2.40. The summed E-state index contributed by atoms with van der Waals surface area (Å²) >= 11 is 0. The van der Waals surface area contributed by atoms with Gasteiger partial charge >= 0.3 is 0 Å². The van der Waals surface area contributed by atoms with E-state index < -0.39 is 0 Å². The molecule has 0 N–H and O–H groups in total. The van der Waals surface area contributed by atoms with Crippen molar-refractivity contribution < 1.29 is 4.74 Å². The van der Waals surface area contributed by atoms with Crippen molar-refractivity contribution in [2.45, 2.75) is 33.2 Å². The highest BCUT2D eigenvalue weighted by molar-refractivity contribution is 5.54. The molecule has 1 heterocycles. The monoisotopic (exact) mass is 264 g/mol. The average molecular weight is 264 g/mol. The number of aryl methyl sites for hydroxylation is 1. The molecular weight excluding hydrogens is 236 g/mol. The van der Waals surface area contributed by atoms with E-state index >= 15 is 0 Å². The maximum Gasteiger partial charge on any atom is 0.123 e. The van der Waals surface area contributed by atoms with Crippen molar-refractivity contribution in [3.8, 4) is 5.75 Å². The van der Waals surface area contributed by atoms with E-state index in [1.165, 1.54) is 17.7 Å². The first-order valence-corrected chi connectivity index (χ1v) is 7.18. The lowest BCUT2D eigenvalue weighted by atomic mass is 10.2. The predicted molar refractivity (Wildman–Crippen MR) is 83.4 cm³/mol. The van der Waals surface area contributed by atoms with Gasteiger partial charge in [0.15, 0.2) is 0 Å². The van der Waals surface area contributed by atoms with Crippen LogP contribution in [-0.4, -0.2) is 45.2 Å². The van der Waals surface area contributed by atoms with Crippen molar-refractivity contribution in [3.05, 3.63) is 23.8 Å². The predicted octanol–water partition coefficient (Wildman–Crippen LogP) is 3.17. The van der Waals surface area contributed by atoms with Crippen molar-refractivity contribution in [1.82, 2.24) is 4.90 Å². The van der Waals surface area contributed by atoms with Gasteiger partial charge in [0, 0.05) is 30.9 Å². The van der Waals surface area contributed by atoms with Gasteiger partial charge in [0.05, 0.1) is 7.11 Å². The summed E-state index contributed by atoms with van der Waals surface area (Å²) in [5.41, 5.74) is 2.47. The Morgan fingerprint density at radius 2 is 1.95 bits per heavy atom. The van der Waals surface area contributed by atoms with Crippen molar-refractivity contribution >= 4 is 5.69 Å². The number of nitrogens with zero attached hydrogens (tertiary/aromatic N) is 2. The molecule has 0 amide bonds. The zero-order chi connectivity index (χ0) is 14.4. The highest BCUT2D eigenvalue weighted by Crippen LogP contribution is 2.28. The van der Waals surface area contributed by atoms with E-state index in [1.54, 1.807) is 7.11 Å². The number of benzene rings is 1. The third-order valence-electron chi connectivity index (χ3n) is 3.65. The summed E-state index contributed by atoms with van der Waals surface area (Å²) < 4.78 is 5.38. The number of likely N-dealkylation sites (N-methyl/N-ethyl adjacent to an activating group) is 1. The number of hydrogen-bond acceptors (Lipinski definition) is 3. The molecule has 0 aromatic heterocycles. The lowest BCUT2D eigenvalue weighted by Gasteiger charge is -2.22. The van der Waals surface area contributed by atoms with E-state index in [2.05, 4.69) is 49.0 Å². The first-order chi connectivity index (χ1) is 9.11. The maximum absolute atomic E-state index is 5.38. The van der Waals surface area contributed by atoms with Gasteiger partial charge in [-0.15, -0.1) is 0 Å². The van der Waals surface area contributed by atoms with Crippen LogP contribution >= 0.6 is 0 Å². The van der Waals surface area contributed by atoms with Gasteiger partial charge in [-0.1, -0.05) is 19.9 Å². The van der Waals surface area contributed by atoms with Crippen molar-refractivity contribution in [2.75, 3.05) is 39.2 Å². The summed E-state index contributed by atoms with van der Waals surface area (Å²) in [5, 5.41) is 0. The summed E-state index contributed by atoms with van der Waals surface area (Å²) in [7, 11) is 6.05. The second-order valence-electron chi connectivity index (χ2n) is 5.01. The van der Waals surface area contributed by atoms with E-state index in [4.69, 9.17) is 4.74 Å². The molecule has 3 heteroatoms. The third-order valence-corrected chi connectivity index (χ3v) is 3.65. The van der Waals surface area contributed by atoms with E-state index in [9.17, 15) is 0 Å². The SMILES string of the molecule is CC.COc1cc(N2CCC(N(C)C)C2)ccc1C. The van der Waals surface area contributed by atoms with E-state index in [0.29, 0.717) is 6.04 Å². The zero-order valence-electron chi connectivity index (χ0n) is 13.2. The Balaban J connectivity index is 0.000000861. The van der Waals surface area contributed by atoms with Gasteiger partial charge in [-0.05, 0) is 39.1 Å². The standard InChI is InChI=1S/C14H22N2O.C2H6/c1-11-5-6-12(9-14(11)17-4)16-8-7-13(10-16)15(2)3;1-2/h5-6,9,13H,7-8,10H2,1-4H3;1-2H3. The fraction of sp³-hybridized carbons (Fsp3) is 0.625. The van der Waals surface area contributed by atoms with Crippen LogP contribution in [0.1, 0.15) is 25.8 Å². The van der Waals surface area contributed by atoms with Crippen LogP contribution in [0.25, 0.3) is 0 Å². The first kappa shape index (κ1) is 15.8. The van der Waals surface area contributed by atoms with E-state index in [0.717, 1.165) is 18.8 Å². The molecule has 1 saturated heterocycles. The molecular formula is C16H28N2O. The molecule has 1 aliphatic heterocycles. The summed E-state index contributed by atoms with van der Waals surface area (Å²) in [6.07, 6.45) is 1.24. The molecule has 19 heavy (non-hydrogen) atoms. The van der Waals surface area contributed by atoms with Crippen LogP contribution in [0.2, 0.25) is 0 Å². The Labute approximate surface area is 118 Å². The normalized spacial score (nSPS) is 18.3. The van der Waals surface area contributed by atoms with Crippen molar-refractivity contribution in [3.63, 3.8) is 0 Å². The lowest BCUT2D eigenvalue weighted by Crippen LogP contribution is -2.31. The molecule has 2 rings (SSSR count). The fourth-order valence-electron chi connectivity index (χ4n) is 2.40. The van der Waals surface area contributed by atoms with Crippen LogP contribution in [0, 0.1) is 6.92 Å². The summed E-state index contributed by atoms with van der Waals surface area (Å²) in [5.74, 6) is 0.982. The van der Waals surface area contributed by atoms with Gasteiger partial charge in [-0.2, -0.15) is 0 Å². The molecule has 1 aliphatic rings. The Kier molecular flexibility index (Phi) is 6.16. The molecule has 1 aromatic rings. The quantitative estimate of drug-likeness (QED) is 0.834. The molecule has 1 aromatic carbocycles. The molecule has 0 bridgehead atoms. The Hall–Kier alpha value is -1.22. The largest absolute Gasteiger partial charge is 0.496 e. The average Bonchev–Trinajstić information content (AvgIpc) is 2.91. The number of anilines is 1. The molecule has 1 unspecified atom stereocenters. The topological polar surface area (TPSA) is 15.7 Å². The van der Waals surface area contributed by atoms with Crippen molar-refractivity contribution in [2.24, 2.45) is 0 Å². The number of ether oxygens (including phenoxy) is 1. The van der Waals surface area contributed by atoms with Gasteiger partial charge < -0.3 is 14.5 Å². The van der Waals surface area contributed by atoms with Crippen LogP contribution in [0.5, 0.6) is 5.75 Å². The Morgan fingerprint density at radius 3 is 2.47 bits per heavy atom. The van der Waals surface area contributed by atoms with Crippen LogP contribution < -0.4 is 9.64 Å². The second kappa shape index (κ2) is 7.39. The summed E-state index contributed by atoms with van der Waals surface area (Å²) in [4.78, 5) is 4.75. The minimum Gasteiger partial charge on any atom is -0.496 e. The van der Waals surface area contributed by atoms with Gasteiger partial charge in [-0.25, -0.2) is 0 Å². The van der Waals surface area contributed by atoms with Crippen LogP contribution in [-0.2, 0) is 0 Å². The van der Waals surface area contributed by atoms with E-state index in [1.807, 2.05) is 13.8 Å². The first-order valence-electron chi connectivity index (χ1n) is 7.18. The van der Waals surface area contributed by atoms with Crippen LogP contribution in [0.4, 0.5) is 5.69 Å². The number of methoxy groups -OCH3 is 1. The molecule has 1 fully saturated rings. The second-order valence-corrected chi connectivity index (χ2v) is 5.01. The molecule has 0 saturated carbocycles. The highest BCUT2D eigenvalue weighted by Gasteiger charge is 2.24. The summed E-state index contributed by atoms with van der Waals surface area (Å²) in [6, 6.07) is 7.14. The van der Waals surface area contributed by atoms with Crippen molar-refractivity contribution in [1.29, 1.82) is 0 Å². The smallest absolute Gasteiger partial charge is 0.123 e. The van der Waals surface area contributed by atoms with Crippen LogP contribution in [0.15, 0.2) is 18.2 Å². The molecule has 0 spiro atoms. The van der Waals surface area contributed by atoms with Gasteiger partial charge in [0.2, 0.25) is 0 Å². The third kappa shape index (κ3) is 3.87. The number of rotatable bonds is 3. The molecule has 0 radical (unpaired) electrons. The molecule has 108 valence electrons. The number of hydrogen-bond donors (Lipinski definition) is 0. The summed E-state index contributed by atoms with van der Waals surface area (Å²) in [6.45, 7) is 8.32. The molecule has 1 atom stereocenters. The Morgan fingerprint density at radius 1 is 1.26 bits per heavy atom. The van der Waals surface area contributed by atoms with Crippen LogP contribution in [0.3, 0.4) is 0 Å². The van der Waals surface area contributed by atoms with E-state index in [-0.39, 0.29) is 0 Å². The zero-order valence-corrected chi connectivity index (χ0v) is 13.2. The van der Waals surface area contributed by atoms with Gasteiger partial charge in [-0.3, -0.25) is 0 Å². The Bertz CT molecular complexity index is 390. The maximum atomic E-state index is 5.38. The van der Waals surface area contributed by atoms with Gasteiger partial charge in [0.25, 0.3) is 0 Å². The molecule has 0 aliphatic carbocycles. The minimum absolute atomic E-state index is 0.669. The van der Waals surface area contributed by atoms with Gasteiger partial charge in [0.1, 0.15) is 5.75 Å². The highest BCUT2D eigenvalue weighted by atomic mass is 16.5.